The summed E-state index contributed by atoms with van der Waals surface area (Å²) >= 11 is 6.11. The van der Waals surface area contributed by atoms with Crippen molar-refractivity contribution in [2.24, 2.45) is 0 Å². The summed E-state index contributed by atoms with van der Waals surface area (Å²) in [5, 5.41) is 3.27. The van der Waals surface area contributed by atoms with Crippen LogP contribution in [0.1, 0.15) is 10.6 Å². The second-order valence-electron chi connectivity index (χ2n) is 6.93. The van der Waals surface area contributed by atoms with Gasteiger partial charge in [-0.3, -0.25) is 4.79 Å². The minimum atomic E-state index is -3.85. The lowest BCUT2D eigenvalue weighted by Crippen LogP contribution is -2.40. The number of hydrogen-bond donors (Lipinski definition) is 1. The van der Waals surface area contributed by atoms with Crippen molar-refractivity contribution in [3.8, 4) is 0 Å². The molecule has 0 unspecified atom stereocenters. The third kappa shape index (κ3) is 4.78. The van der Waals surface area contributed by atoms with Gasteiger partial charge in [0.2, 0.25) is 15.8 Å². The summed E-state index contributed by atoms with van der Waals surface area (Å²) in [5.41, 5.74) is 0.727. The van der Waals surface area contributed by atoms with Crippen LogP contribution < -0.4 is 5.32 Å². The van der Waals surface area contributed by atoms with Crippen LogP contribution in [0.3, 0.4) is 0 Å². The van der Waals surface area contributed by atoms with Crippen LogP contribution in [-0.2, 0) is 24.3 Å². The molecule has 1 aromatic heterocycles. The number of carbonyl (C=O) groups is 2. The number of fused-ring (bicyclic) bond motifs is 1. The van der Waals surface area contributed by atoms with Crippen molar-refractivity contribution in [3.05, 3.63) is 59.3 Å². The molecule has 1 amide bonds. The van der Waals surface area contributed by atoms with Gasteiger partial charge in [0, 0.05) is 24.2 Å². The van der Waals surface area contributed by atoms with Gasteiger partial charge in [-0.05, 0) is 30.3 Å². The first-order valence-corrected chi connectivity index (χ1v) is 11.5. The maximum absolute atomic E-state index is 12.9. The lowest BCUT2D eigenvalue weighted by molar-refractivity contribution is -0.119. The van der Waals surface area contributed by atoms with Gasteiger partial charge in [-0.2, -0.15) is 4.31 Å². The second-order valence-corrected chi connectivity index (χ2v) is 9.25. The van der Waals surface area contributed by atoms with Gasteiger partial charge in [-0.15, -0.1) is 0 Å². The normalized spacial score (nSPS) is 14.9. The number of sulfonamides is 1. The zero-order chi connectivity index (χ0) is 22.7. The average molecular weight is 479 g/mol. The van der Waals surface area contributed by atoms with E-state index >= 15 is 0 Å². The fourth-order valence-electron chi connectivity index (χ4n) is 3.19. The number of benzene rings is 2. The highest BCUT2D eigenvalue weighted by Gasteiger charge is 2.28. The second kappa shape index (κ2) is 9.29. The van der Waals surface area contributed by atoms with Crippen LogP contribution in [0.25, 0.3) is 11.0 Å². The van der Waals surface area contributed by atoms with Crippen LogP contribution in [0.5, 0.6) is 0 Å². The van der Waals surface area contributed by atoms with E-state index in [2.05, 4.69) is 5.32 Å². The van der Waals surface area contributed by atoms with Gasteiger partial charge in [0.15, 0.2) is 6.61 Å². The Hall–Kier alpha value is -2.92. The molecule has 2 aromatic carbocycles. The van der Waals surface area contributed by atoms with Crippen LogP contribution in [0.15, 0.2) is 57.8 Å². The standard InChI is InChI=1S/C21H19ClN2O7S/c22-16-6-5-15(12-19(16)32(27,28)24-7-9-29-10-8-24)23-20(25)13-30-21(26)18-11-14-3-1-2-4-17(14)31-18/h1-6,11-12H,7-10,13H2,(H,23,25). The first kappa shape index (κ1) is 22.3. The summed E-state index contributed by atoms with van der Waals surface area (Å²) in [5.74, 6) is -1.46. The van der Waals surface area contributed by atoms with Gasteiger partial charge in [-0.25, -0.2) is 13.2 Å². The Morgan fingerprint density at radius 3 is 2.59 bits per heavy atom. The first-order chi connectivity index (χ1) is 15.3. The summed E-state index contributed by atoms with van der Waals surface area (Å²) in [7, 11) is -3.85. The Balaban J connectivity index is 1.41. The molecule has 11 heteroatoms. The fraction of sp³-hybridized carbons (Fsp3) is 0.238. The minimum absolute atomic E-state index is 0.0237. The highest BCUT2D eigenvalue weighted by molar-refractivity contribution is 7.89. The minimum Gasteiger partial charge on any atom is -0.450 e. The van der Waals surface area contributed by atoms with Gasteiger partial charge >= 0.3 is 5.97 Å². The molecule has 0 radical (unpaired) electrons. The van der Waals surface area contributed by atoms with E-state index in [-0.39, 0.29) is 34.5 Å². The van der Waals surface area contributed by atoms with Crippen molar-refractivity contribution in [1.29, 1.82) is 0 Å². The smallest absolute Gasteiger partial charge is 0.374 e. The summed E-state index contributed by atoms with van der Waals surface area (Å²) < 4.78 is 42.6. The van der Waals surface area contributed by atoms with Gasteiger partial charge in [0.1, 0.15) is 10.5 Å². The van der Waals surface area contributed by atoms with Crippen LogP contribution in [-0.4, -0.2) is 57.5 Å². The number of hydrogen-bond acceptors (Lipinski definition) is 7. The molecule has 1 aliphatic heterocycles. The molecule has 4 rings (SSSR count). The predicted molar refractivity (Wildman–Crippen MR) is 116 cm³/mol. The van der Waals surface area contributed by atoms with Crippen LogP contribution in [0.2, 0.25) is 5.02 Å². The van der Waals surface area contributed by atoms with Crippen molar-refractivity contribution >= 4 is 50.2 Å². The van der Waals surface area contributed by atoms with E-state index in [0.717, 1.165) is 5.39 Å². The Morgan fingerprint density at radius 1 is 1.09 bits per heavy atom. The number of esters is 1. The van der Waals surface area contributed by atoms with Crippen LogP contribution in [0.4, 0.5) is 5.69 Å². The van der Waals surface area contributed by atoms with E-state index in [9.17, 15) is 18.0 Å². The SMILES string of the molecule is O=C(COC(=O)c1cc2ccccc2o1)Nc1ccc(Cl)c(S(=O)(=O)N2CCOCC2)c1. The maximum Gasteiger partial charge on any atom is 0.374 e. The van der Waals surface area contributed by atoms with E-state index in [4.69, 9.17) is 25.5 Å². The van der Waals surface area contributed by atoms with Crippen molar-refractivity contribution in [3.63, 3.8) is 0 Å². The number of ether oxygens (including phenoxy) is 2. The zero-order valence-corrected chi connectivity index (χ0v) is 18.3. The van der Waals surface area contributed by atoms with E-state index < -0.39 is 28.5 Å². The number of morpholine rings is 1. The fourth-order valence-corrected chi connectivity index (χ4v) is 5.09. The van der Waals surface area contributed by atoms with Crippen LogP contribution in [0, 0.1) is 0 Å². The first-order valence-electron chi connectivity index (χ1n) is 9.67. The summed E-state index contributed by atoms with van der Waals surface area (Å²) in [6.07, 6.45) is 0. The Kier molecular flexibility index (Phi) is 6.47. The molecule has 1 N–H and O–H groups in total. The molecule has 2 heterocycles. The molecule has 32 heavy (non-hydrogen) atoms. The third-order valence-electron chi connectivity index (χ3n) is 4.76. The van der Waals surface area contributed by atoms with Gasteiger partial charge < -0.3 is 19.2 Å². The molecule has 0 saturated carbocycles. The molecule has 9 nitrogen and oxygen atoms in total. The molecule has 1 fully saturated rings. The number of carbonyl (C=O) groups excluding carboxylic acids is 2. The molecular weight excluding hydrogens is 460 g/mol. The number of furan rings is 1. The predicted octanol–water partition coefficient (Wildman–Crippen LogP) is 2.90. The molecule has 1 aliphatic rings. The van der Waals surface area contributed by atoms with Gasteiger partial charge in [-0.1, -0.05) is 29.8 Å². The number of anilines is 1. The molecule has 0 atom stereocenters. The largest absolute Gasteiger partial charge is 0.450 e. The van der Waals surface area contributed by atoms with Crippen molar-refractivity contribution in [1.82, 2.24) is 4.31 Å². The molecule has 168 valence electrons. The lowest BCUT2D eigenvalue weighted by atomic mass is 10.2. The molecular formula is C21H19ClN2O7S. The molecule has 0 aliphatic carbocycles. The number of para-hydroxylation sites is 1. The average Bonchev–Trinajstić information content (AvgIpc) is 3.24. The van der Waals surface area contributed by atoms with Crippen LogP contribution >= 0.6 is 11.6 Å². The van der Waals surface area contributed by atoms with E-state index in [1.807, 2.05) is 0 Å². The number of amides is 1. The Labute approximate surface area is 188 Å². The van der Waals surface area contributed by atoms with Gasteiger partial charge in [0.25, 0.3) is 5.91 Å². The van der Waals surface area contributed by atoms with Crippen molar-refractivity contribution in [2.45, 2.75) is 4.90 Å². The maximum atomic E-state index is 12.9. The topological polar surface area (TPSA) is 115 Å². The van der Waals surface area contributed by atoms with Crippen molar-refractivity contribution < 1.29 is 31.9 Å². The van der Waals surface area contributed by atoms with E-state index in [1.165, 1.54) is 28.6 Å². The summed E-state index contributed by atoms with van der Waals surface area (Å²) in [6, 6.07) is 12.7. The van der Waals surface area contributed by atoms with E-state index in [0.29, 0.717) is 18.8 Å². The Morgan fingerprint density at radius 2 is 1.84 bits per heavy atom. The summed E-state index contributed by atoms with van der Waals surface area (Å²) in [4.78, 5) is 24.3. The molecule has 0 spiro atoms. The zero-order valence-electron chi connectivity index (χ0n) is 16.7. The van der Waals surface area contributed by atoms with Gasteiger partial charge in [0.05, 0.1) is 18.2 Å². The molecule has 3 aromatic rings. The highest BCUT2D eigenvalue weighted by Crippen LogP contribution is 2.28. The third-order valence-corrected chi connectivity index (χ3v) is 7.14. The highest BCUT2D eigenvalue weighted by atomic mass is 35.5. The number of rotatable bonds is 6. The Bertz CT molecular complexity index is 1230. The number of nitrogens with zero attached hydrogens (tertiary/aromatic N) is 1. The summed E-state index contributed by atoms with van der Waals surface area (Å²) in [6.45, 7) is 0.442. The van der Waals surface area contributed by atoms with E-state index in [1.54, 1.807) is 24.3 Å². The number of nitrogens with one attached hydrogen (secondary N) is 1. The lowest BCUT2D eigenvalue weighted by Gasteiger charge is -2.26. The molecule has 1 saturated heterocycles. The quantitative estimate of drug-likeness (QED) is 0.541. The van der Waals surface area contributed by atoms with Crippen molar-refractivity contribution in [2.75, 3.05) is 38.2 Å². The molecule has 0 bridgehead atoms. The number of halogens is 1. The monoisotopic (exact) mass is 478 g/mol.